The monoisotopic (exact) mass is 757 g/mol. The molecule has 4 aliphatic carbocycles. The minimum atomic E-state index is -0.388. The fourth-order valence-electron chi connectivity index (χ4n) is 12.2. The number of benzene rings is 8. The van der Waals surface area contributed by atoms with E-state index in [0.29, 0.717) is 11.8 Å². The van der Waals surface area contributed by atoms with Crippen LogP contribution in [0.5, 0.6) is 0 Å². The van der Waals surface area contributed by atoms with E-state index in [-0.39, 0.29) is 5.41 Å². The summed E-state index contributed by atoms with van der Waals surface area (Å²) >= 11 is 0. The predicted octanol–water partition coefficient (Wildman–Crippen LogP) is 15.1. The zero-order valence-corrected chi connectivity index (χ0v) is 33.3. The third kappa shape index (κ3) is 5.44. The smallest absolute Gasteiger partial charge is 0.0719 e. The molecule has 0 aliphatic heterocycles. The van der Waals surface area contributed by atoms with Gasteiger partial charge in [0.1, 0.15) is 0 Å². The van der Waals surface area contributed by atoms with Crippen LogP contribution in [0.15, 0.2) is 200 Å². The normalized spacial score (nSPS) is 20.3. The molecule has 2 fully saturated rings. The molecule has 0 radical (unpaired) electrons. The van der Waals surface area contributed by atoms with Crippen molar-refractivity contribution < 1.29 is 0 Å². The van der Waals surface area contributed by atoms with Gasteiger partial charge in [0.25, 0.3) is 0 Å². The van der Waals surface area contributed by atoms with Gasteiger partial charge in [-0.15, -0.1) is 0 Å². The molecule has 0 amide bonds. The summed E-state index contributed by atoms with van der Waals surface area (Å²) in [4.78, 5) is 2.50. The van der Waals surface area contributed by atoms with Gasteiger partial charge < -0.3 is 4.90 Å². The average Bonchev–Trinajstić information content (AvgIpc) is 3.80. The molecule has 4 atom stereocenters. The Bertz CT molecular complexity index is 2680. The standard InChI is InChI=1S/C58H47N/c1-3-13-41(14-4-1)43-25-29-46(30-26-43)59(47-31-27-44(28-32-47)42-15-5-2-6-16-42)48-33-34-56-52(38-48)57(45-36-39-23-24-40(35-39)37-45)51-19-9-12-22-55(51)58(56)53-20-10-7-17-49(53)50-18-8-11-21-54(50)58/h1-22,25-34,38-40,45,57H,23-24,35-37H2/t39-,40+,45-,57?. The van der Waals surface area contributed by atoms with E-state index in [1.165, 1.54) is 105 Å². The van der Waals surface area contributed by atoms with E-state index in [2.05, 4.69) is 205 Å². The largest absolute Gasteiger partial charge is 0.310 e. The van der Waals surface area contributed by atoms with Gasteiger partial charge in [-0.3, -0.25) is 0 Å². The van der Waals surface area contributed by atoms with Crippen molar-refractivity contribution in [1.29, 1.82) is 0 Å². The Hall–Kier alpha value is -6.44. The van der Waals surface area contributed by atoms with Crippen molar-refractivity contribution in [3.05, 3.63) is 234 Å². The Labute approximate surface area is 348 Å². The average molecular weight is 758 g/mol. The molecule has 0 N–H and O–H groups in total. The van der Waals surface area contributed by atoms with Crippen LogP contribution in [0.3, 0.4) is 0 Å². The highest BCUT2D eigenvalue weighted by molar-refractivity contribution is 5.89. The molecule has 0 aromatic heterocycles. The van der Waals surface area contributed by atoms with Gasteiger partial charge in [-0.05, 0) is 140 Å². The van der Waals surface area contributed by atoms with E-state index in [4.69, 9.17) is 0 Å². The molecule has 2 bridgehead atoms. The molecule has 59 heavy (non-hydrogen) atoms. The molecule has 1 unspecified atom stereocenters. The lowest BCUT2D eigenvalue weighted by Crippen LogP contribution is -2.38. The maximum Gasteiger partial charge on any atom is 0.0719 e. The highest BCUT2D eigenvalue weighted by atomic mass is 15.1. The molecular weight excluding hydrogens is 711 g/mol. The fraction of sp³-hybridized carbons (Fsp3) is 0.172. The first-order chi connectivity index (χ1) is 29.2. The molecule has 0 heterocycles. The highest BCUT2D eigenvalue weighted by Crippen LogP contribution is 2.64. The van der Waals surface area contributed by atoms with Crippen molar-refractivity contribution in [2.75, 3.05) is 4.90 Å². The summed E-state index contributed by atoms with van der Waals surface area (Å²) in [5.41, 5.74) is 19.6. The quantitative estimate of drug-likeness (QED) is 0.163. The van der Waals surface area contributed by atoms with Crippen molar-refractivity contribution in [3.63, 3.8) is 0 Å². The third-order valence-electron chi connectivity index (χ3n) is 14.5. The predicted molar refractivity (Wildman–Crippen MR) is 245 cm³/mol. The second-order valence-electron chi connectivity index (χ2n) is 17.6. The van der Waals surface area contributed by atoms with Crippen LogP contribution in [-0.2, 0) is 5.41 Å². The van der Waals surface area contributed by atoms with Crippen LogP contribution in [0.25, 0.3) is 33.4 Å². The van der Waals surface area contributed by atoms with Crippen molar-refractivity contribution in [2.24, 2.45) is 17.8 Å². The SMILES string of the molecule is c1ccc(-c2ccc(N(c3ccc(-c4ccccc4)cc3)c3ccc4c(c3)C([C@@H]3C[C@@H]5CC[C@@H](C5)C3)c3ccccc3C43c4ccccc4-c4ccccc43)cc2)cc1. The topological polar surface area (TPSA) is 3.24 Å². The molecule has 2 saturated carbocycles. The van der Waals surface area contributed by atoms with Crippen molar-refractivity contribution >= 4 is 17.1 Å². The molecule has 0 saturated heterocycles. The van der Waals surface area contributed by atoms with E-state index in [9.17, 15) is 0 Å². The zero-order valence-electron chi connectivity index (χ0n) is 33.3. The van der Waals surface area contributed by atoms with Crippen LogP contribution < -0.4 is 4.90 Å². The minimum absolute atomic E-state index is 0.331. The molecule has 1 heteroatoms. The van der Waals surface area contributed by atoms with Crippen LogP contribution in [0.1, 0.15) is 71.4 Å². The lowest BCUT2D eigenvalue weighted by atomic mass is 9.56. The number of anilines is 3. The maximum atomic E-state index is 2.62. The van der Waals surface area contributed by atoms with Gasteiger partial charge in [0.05, 0.1) is 5.41 Å². The Morgan fingerprint density at radius 2 is 0.797 bits per heavy atom. The molecule has 284 valence electrons. The summed E-state index contributed by atoms with van der Waals surface area (Å²) in [5.74, 6) is 2.65. The van der Waals surface area contributed by atoms with Crippen LogP contribution in [0.4, 0.5) is 17.1 Å². The minimum Gasteiger partial charge on any atom is -0.310 e. The molecule has 1 nitrogen and oxygen atoms in total. The fourth-order valence-corrected chi connectivity index (χ4v) is 12.2. The summed E-state index contributed by atoms with van der Waals surface area (Å²) < 4.78 is 0. The van der Waals surface area contributed by atoms with Gasteiger partial charge in [-0.1, -0.05) is 177 Å². The first-order valence-electron chi connectivity index (χ1n) is 21.8. The van der Waals surface area contributed by atoms with Gasteiger partial charge in [0, 0.05) is 23.0 Å². The van der Waals surface area contributed by atoms with Crippen LogP contribution >= 0.6 is 0 Å². The summed E-state index contributed by atoms with van der Waals surface area (Å²) in [7, 11) is 0. The number of rotatable bonds is 6. The second-order valence-corrected chi connectivity index (χ2v) is 17.6. The molecule has 4 aliphatic rings. The molecule has 12 rings (SSSR count). The van der Waals surface area contributed by atoms with Gasteiger partial charge in [0.2, 0.25) is 0 Å². The first-order valence-corrected chi connectivity index (χ1v) is 21.8. The van der Waals surface area contributed by atoms with Gasteiger partial charge >= 0.3 is 0 Å². The van der Waals surface area contributed by atoms with E-state index < -0.39 is 0 Å². The van der Waals surface area contributed by atoms with Crippen LogP contribution in [-0.4, -0.2) is 0 Å². The number of hydrogen-bond acceptors (Lipinski definition) is 1. The van der Waals surface area contributed by atoms with E-state index in [1.807, 2.05) is 0 Å². The molecule has 8 aromatic carbocycles. The Morgan fingerprint density at radius 1 is 0.356 bits per heavy atom. The van der Waals surface area contributed by atoms with Gasteiger partial charge in [-0.2, -0.15) is 0 Å². The van der Waals surface area contributed by atoms with E-state index >= 15 is 0 Å². The van der Waals surface area contributed by atoms with Crippen molar-refractivity contribution in [1.82, 2.24) is 0 Å². The Kier molecular flexibility index (Phi) is 8.12. The maximum absolute atomic E-state index is 2.62. The first kappa shape index (κ1) is 34.6. The summed E-state index contributed by atoms with van der Waals surface area (Å²) in [5, 5.41) is 0. The number of hydrogen-bond donors (Lipinski definition) is 0. The number of nitrogens with zero attached hydrogens (tertiary/aromatic N) is 1. The zero-order chi connectivity index (χ0) is 38.9. The molecule has 1 spiro atoms. The third-order valence-corrected chi connectivity index (χ3v) is 14.5. The summed E-state index contributed by atoms with van der Waals surface area (Å²) in [6, 6.07) is 75.5. The summed E-state index contributed by atoms with van der Waals surface area (Å²) in [6.07, 6.45) is 6.88. The number of fused-ring (bicyclic) bond motifs is 11. The lowest BCUT2D eigenvalue weighted by Gasteiger charge is -2.47. The Morgan fingerprint density at radius 3 is 1.36 bits per heavy atom. The molecule has 8 aromatic rings. The van der Waals surface area contributed by atoms with Gasteiger partial charge in [-0.25, -0.2) is 0 Å². The Balaban J connectivity index is 1.09. The van der Waals surface area contributed by atoms with Gasteiger partial charge in [0.15, 0.2) is 0 Å². The van der Waals surface area contributed by atoms with Crippen LogP contribution in [0, 0.1) is 17.8 Å². The van der Waals surface area contributed by atoms with Crippen molar-refractivity contribution in [3.8, 4) is 33.4 Å². The van der Waals surface area contributed by atoms with E-state index in [1.54, 1.807) is 0 Å². The lowest BCUT2D eigenvalue weighted by molar-refractivity contribution is 0.238. The highest BCUT2D eigenvalue weighted by Gasteiger charge is 2.53. The van der Waals surface area contributed by atoms with Crippen LogP contribution in [0.2, 0.25) is 0 Å². The van der Waals surface area contributed by atoms with Crippen molar-refractivity contribution in [2.45, 2.75) is 43.4 Å². The van der Waals surface area contributed by atoms with E-state index in [0.717, 1.165) is 23.2 Å². The summed E-state index contributed by atoms with van der Waals surface area (Å²) in [6.45, 7) is 0. The second kappa shape index (κ2) is 13.8. The molecular formula is C58H47N.